The first-order chi connectivity index (χ1) is 8.62. The zero-order valence-corrected chi connectivity index (χ0v) is 13.0. The molecule has 2 N–H and O–H groups in total. The molecular formula is C13H16Cl2N2O2S. The molecular weight excluding hydrogens is 319 g/mol. The van der Waals surface area contributed by atoms with Gasteiger partial charge in [0.25, 0.3) is 0 Å². The molecule has 0 saturated carbocycles. The van der Waals surface area contributed by atoms with Crippen LogP contribution in [0, 0.1) is 0 Å². The van der Waals surface area contributed by atoms with Crippen molar-refractivity contribution in [1.29, 1.82) is 0 Å². The first-order valence-corrected chi connectivity index (χ1v) is 7.19. The minimum absolute atomic E-state index is 0. The van der Waals surface area contributed by atoms with Crippen LogP contribution in [0.4, 0.5) is 0 Å². The van der Waals surface area contributed by atoms with Gasteiger partial charge in [0.05, 0.1) is 5.75 Å². The summed E-state index contributed by atoms with van der Waals surface area (Å²) in [7, 11) is -3.39. The highest BCUT2D eigenvalue weighted by Gasteiger charge is 2.16. The van der Waals surface area contributed by atoms with Crippen molar-refractivity contribution in [3.63, 3.8) is 0 Å². The van der Waals surface area contributed by atoms with Crippen molar-refractivity contribution in [2.45, 2.75) is 17.3 Å². The summed E-state index contributed by atoms with van der Waals surface area (Å²) < 4.78 is 24.2. The average molecular weight is 335 g/mol. The average Bonchev–Trinajstić information content (AvgIpc) is 2.39. The number of nitrogens with two attached hydrogens (primary N) is 1. The smallest absolute Gasteiger partial charge is 0.199 e. The van der Waals surface area contributed by atoms with E-state index in [1.165, 1.54) is 12.3 Å². The molecule has 0 atom stereocenters. The Kier molecular flexibility index (Phi) is 7.75. The molecule has 2 aromatic rings. The molecule has 0 spiro atoms. The maximum absolute atomic E-state index is 12.1. The highest BCUT2D eigenvalue weighted by atomic mass is 35.5. The lowest BCUT2D eigenvalue weighted by atomic mass is 10.2. The van der Waals surface area contributed by atoms with E-state index in [0.29, 0.717) is 6.54 Å². The van der Waals surface area contributed by atoms with Gasteiger partial charge in [0, 0.05) is 12.7 Å². The number of pyridine rings is 1. The Labute approximate surface area is 131 Å². The number of nitrogens with zero attached hydrogens (tertiary/aromatic N) is 1. The molecule has 0 amide bonds. The lowest BCUT2D eigenvalue weighted by Gasteiger charge is -2.04. The van der Waals surface area contributed by atoms with Crippen molar-refractivity contribution < 1.29 is 8.42 Å². The van der Waals surface area contributed by atoms with Crippen molar-refractivity contribution in [2.24, 2.45) is 5.73 Å². The first-order valence-electron chi connectivity index (χ1n) is 5.53. The molecule has 1 aromatic heterocycles. The first kappa shape index (κ1) is 18.9. The van der Waals surface area contributed by atoms with E-state index in [9.17, 15) is 8.42 Å². The van der Waals surface area contributed by atoms with Crippen LogP contribution in [0.15, 0.2) is 53.7 Å². The van der Waals surface area contributed by atoms with E-state index >= 15 is 0 Å². The Morgan fingerprint density at radius 2 is 1.60 bits per heavy atom. The van der Waals surface area contributed by atoms with E-state index in [0.717, 1.165) is 11.1 Å². The van der Waals surface area contributed by atoms with Gasteiger partial charge in [-0.2, -0.15) is 0 Å². The van der Waals surface area contributed by atoms with Gasteiger partial charge in [-0.1, -0.05) is 36.4 Å². The predicted molar refractivity (Wildman–Crippen MR) is 84.0 cm³/mol. The molecule has 0 aliphatic carbocycles. The van der Waals surface area contributed by atoms with Crippen LogP contribution in [-0.2, 0) is 22.1 Å². The van der Waals surface area contributed by atoms with Crippen molar-refractivity contribution in [1.82, 2.24) is 4.98 Å². The van der Waals surface area contributed by atoms with Crippen molar-refractivity contribution >= 4 is 34.7 Å². The summed E-state index contributed by atoms with van der Waals surface area (Å²) in [6, 6.07) is 12.2. The molecule has 1 aromatic carbocycles. The quantitative estimate of drug-likeness (QED) is 0.931. The predicted octanol–water partition coefficient (Wildman–Crippen LogP) is 2.36. The highest BCUT2D eigenvalue weighted by Crippen LogP contribution is 2.14. The summed E-state index contributed by atoms with van der Waals surface area (Å²) in [6.07, 6.45) is 1.50. The minimum Gasteiger partial charge on any atom is -0.326 e. The molecule has 0 bridgehead atoms. The van der Waals surface area contributed by atoms with E-state index in [4.69, 9.17) is 5.73 Å². The van der Waals surface area contributed by atoms with Crippen LogP contribution in [0.5, 0.6) is 0 Å². The van der Waals surface area contributed by atoms with Crippen LogP contribution in [0.2, 0.25) is 0 Å². The molecule has 0 unspecified atom stereocenters. The van der Waals surface area contributed by atoms with Crippen LogP contribution in [0.1, 0.15) is 11.1 Å². The van der Waals surface area contributed by atoms with E-state index in [1.54, 1.807) is 18.2 Å². The molecule has 0 radical (unpaired) electrons. The summed E-state index contributed by atoms with van der Waals surface area (Å²) in [5, 5.41) is 0.0866. The third kappa shape index (κ3) is 4.76. The summed E-state index contributed by atoms with van der Waals surface area (Å²) in [5.74, 6) is -0.0389. The van der Waals surface area contributed by atoms with Gasteiger partial charge >= 0.3 is 0 Å². The summed E-state index contributed by atoms with van der Waals surface area (Å²) >= 11 is 0. The third-order valence-corrected chi connectivity index (χ3v) is 4.14. The maximum Gasteiger partial charge on any atom is 0.199 e. The third-order valence-electron chi connectivity index (χ3n) is 2.55. The van der Waals surface area contributed by atoms with E-state index in [2.05, 4.69) is 4.98 Å². The Bertz CT molecular complexity index is 617. The Balaban J connectivity index is 0.00000180. The molecule has 110 valence electrons. The largest absolute Gasteiger partial charge is 0.326 e. The molecule has 4 nitrogen and oxygen atoms in total. The molecule has 0 aliphatic heterocycles. The fourth-order valence-electron chi connectivity index (χ4n) is 1.58. The second kappa shape index (κ2) is 8.21. The molecule has 0 aliphatic rings. The van der Waals surface area contributed by atoms with Gasteiger partial charge in [-0.05, 0) is 17.2 Å². The number of halogens is 2. The number of sulfone groups is 1. The zero-order valence-electron chi connectivity index (χ0n) is 10.6. The number of hydrogen-bond acceptors (Lipinski definition) is 4. The van der Waals surface area contributed by atoms with Gasteiger partial charge in [-0.15, -0.1) is 24.8 Å². The van der Waals surface area contributed by atoms with Crippen molar-refractivity contribution in [3.8, 4) is 0 Å². The van der Waals surface area contributed by atoms with Gasteiger partial charge in [0.2, 0.25) is 0 Å². The Hall–Kier alpha value is -1.14. The van der Waals surface area contributed by atoms with Gasteiger partial charge in [-0.3, -0.25) is 0 Å². The van der Waals surface area contributed by atoms with E-state index < -0.39 is 9.84 Å². The standard InChI is InChI=1S/C13H14N2O2S.2ClH/c14-8-12-6-7-13(15-9-12)18(16,17)10-11-4-2-1-3-5-11;;/h1-7,9H,8,10,14H2;2*1H. The maximum atomic E-state index is 12.1. The number of aromatic nitrogens is 1. The SMILES string of the molecule is Cl.Cl.NCc1ccc(S(=O)(=O)Cc2ccccc2)nc1. The molecule has 2 rings (SSSR count). The van der Waals surface area contributed by atoms with Crippen molar-refractivity contribution in [3.05, 3.63) is 59.8 Å². The van der Waals surface area contributed by atoms with Gasteiger partial charge in [0.1, 0.15) is 0 Å². The number of benzene rings is 1. The fraction of sp³-hybridized carbons (Fsp3) is 0.154. The molecule has 0 fully saturated rings. The van der Waals surface area contributed by atoms with Crippen LogP contribution in [-0.4, -0.2) is 13.4 Å². The Morgan fingerprint density at radius 1 is 0.950 bits per heavy atom. The van der Waals surface area contributed by atoms with Crippen LogP contribution in [0.3, 0.4) is 0 Å². The monoisotopic (exact) mass is 334 g/mol. The molecule has 20 heavy (non-hydrogen) atoms. The van der Waals surface area contributed by atoms with E-state index in [-0.39, 0.29) is 35.6 Å². The second-order valence-corrected chi connectivity index (χ2v) is 5.89. The van der Waals surface area contributed by atoms with Gasteiger partial charge < -0.3 is 5.73 Å². The van der Waals surface area contributed by atoms with Crippen LogP contribution < -0.4 is 5.73 Å². The van der Waals surface area contributed by atoms with Crippen molar-refractivity contribution in [2.75, 3.05) is 0 Å². The molecule has 0 saturated heterocycles. The Morgan fingerprint density at radius 3 is 2.10 bits per heavy atom. The minimum atomic E-state index is -3.39. The fourth-order valence-corrected chi connectivity index (χ4v) is 2.85. The molecule has 7 heteroatoms. The van der Waals surface area contributed by atoms with Gasteiger partial charge in [0.15, 0.2) is 14.9 Å². The lowest BCUT2D eigenvalue weighted by Crippen LogP contribution is -2.08. The second-order valence-electron chi connectivity index (χ2n) is 3.95. The van der Waals surface area contributed by atoms with E-state index in [1.807, 2.05) is 18.2 Å². The lowest BCUT2D eigenvalue weighted by molar-refractivity contribution is 0.591. The normalized spacial score (nSPS) is 10.2. The zero-order chi connectivity index (χ0) is 13.0. The highest BCUT2D eigenvalue weighted by molar-refractivity contribution is 7.90. The number of hydrogen-bond donors (Lipinski definition) is 1. The number of rotatable bonds is 4. The summed E-state index contributed by atoms with van der Waals surface area (Å²) in [6.45, 7) is 0.353. The van der Waals surface area contributed by atoms with Crippen LogP contribution >= 0.6 is 24.8 Å². The summed E-state index contributed by atoms with van der Waals surface area (Å²) in [5.41, 5.74) is 7.01. The topological polar surface area (TPSA) is 73.1 Å². The molecule has 1 heterocycles. The van der Waals surface area contributed by atoms with Crippen LogP contribution in [0.25, 0.3) is 0 Å². The van der Waals surface area contributed by atoms with Gasteiger partial charge in [-0.25, -0.2) is 13.4 Å². The summed E-state index contributed by atoms with van der Waals surface area (Å²) in [4.78, 5) is 3.95.